The molecule has 1 N–H and O–H groups in total. The van der Waals surface area contributed by atoms with E-state index in [4.69, 9.17) is 9.26 Å². The smallest absolute Gasteiger partial charge is 0.351 e. The molecule has 1 amide bonds. The zero-order chi connectivity index (χ0) is 19.5. The molecule has 3 aromatic rings. The van der Waals surface area contributed by atoms with Gasteiger partial charge in [0.1, 0.15) is 18.5 Å². The van der Waals surface area contributed by atoms with Gasteiger partial charge in [0, 0.05) is 6.61 Å². The summed E-state index contributed by atoms with van der Waals surface area (Å²) in [6.45, 7) is 2.33. The minimum Gasteiger partial charge on any atom is -0.368 e. The van der Waals surface area contributed by atoms with Crippen molar-refractivity contribution in [3.63, 3.8) is 0 Å². The predicted molar refractivity (Wildman–Crippen MR) is 96.6 cm³/mol. The second kappa shape index (κ2) is 7.77. The normalized spacial score (nSPS) is 16.4. The second-order valence-corrected chi connectivity index (χ2v) is 6.49. The molecule has 10 heteroatoms. The van der Waals surface area contributed by atoms with Crippen molar-refractivity contribution in [1.29, 1.82) is 0 Å². The van der Waals surface area contributed by atoms with Gasteiger partial charge < -0.3 is 14.6 Å². The van der Waals surface area contributed by atoms with Crippen LogP contribution in [0, 0.1) is 6.92 Å². The summed E-state index contributed by atoms with van der Waals surface area (Å²) in [5.74, 6) is 0.895. The van der Waals surface area contributed by atoms with Gasteiger partial charge in [-0.2, -0.15) is 14.8 Å². The van der Waals surface area contributed by atoms with Crippen LogP contribution in [0.3, 0.4) is 0 Å². The van der Waals surface area contributed by atoms with Crippen molar-refractivity contribution < 1.29 is 14.1 Å². The molecule has 1 atom stereocenters. The molecule has 3 heterocycles. The summed E-state index contributed by atoms with van der Waals surface area (Å²) in [6.07, 6.45) is 1.65. The molecule has 0 radical (unpaired) electrons. The van der Waals surface area contributed by atoms with E-state index in [0.29, 0.717) is 29.8 Å². The molecule has 146 valence electrons. The monoisotopic (exact) mass is 384 g/mol. The van der Waals surface area contributed by atoms with Gasteiger partial charge in [-0.05, 0) is 31.9 Å². The molecule has 1 fully saturated rings. The Kier molecular flexibility index (Phi) is 5.02. The number of benzene rings is 1. The lowest BCUT2D eigenvalue weighted by Crippen LogP contribution is -2.33. The van der Waals surface area contributed by atoms with E-state index in [1.54, 1.807) is 19.1 Å². The van der Waals surface area contributed by atoms with Crippen molar-refractivity contribution in [2.45, 2.75) is 39.0 Å². The third-order valence-electron chi connectivity index (χ3n) is 4.48. The molecule has 2 aromatic heterocycles. The number of aromatic nitrogens is 5. The SMILES string of the molecule is Cc1nn(-c2ccccc2)c(=O)n1CC(=O)NCc1noc(C2CCCO2)n1. The highest BCUT2D eigenvalue weighted by Gasteiger charge is 2.24. The third-order valence-corrected chi connectivity index (χ3v) is 4.48. The zero-order valence-electron chi connectivity index (χ0n) is 15.4. The number of nitrogens with zero attached hydrogens (tertiary/aromatic N) is 5. The van der Waals surface area contributed by atoms with Gasteiger partial charge >= 0.3 is 5.69 Å². The Morgan fingerprint density at radius 2 is 2.14 bits per heavy atom. The number of rotatable bonds is 6. The van der Waals surface area contributed by atoms with E-state index in [1.165, 1.54) is 9.25 Å². The summed E-state index contributed by atoms with van der Waals surface area (Å²) in [5, 5.41) is 10.8. The molecule has 1 saturated heterocycles. The molecule has 4 rings (SSSR count). The number of hydrogen-bond donors (Lipinski definition) is 1. The number of aryl methyl sites for hydroxylation is 1. The molecule has 1 unspecified atom stereocenters. The highest BCUT2D eigenvalue weighted by atomic mass is 16.5. The number of para-hydroxylation sites is 1. The summed E-state index contributed by atoms with van der Waals surface area (Å²) in [4.78, 5) is 29.1. The van der Waals surface area contributed by atoms with Crippen LogP contribution in [-0.4, -0.2) is 37.0 Å². The van der Waals surface area contributed by atoms with Gasteiger partial charge in [-0.25, -0.2) is 4.79 Å². The number of nitrogens with one attached hydrogen (secondary N) is 1. The van der Waals surface area contributed by atoms with E-state index in [2.05, 4.69) is 20.6 Å². The maximum absolute atomic E-state index is 12.6. The molecule has 1 aromatic carbocycles. The van der Waals surface area contributed by atoms with Crippen LogP contribution in [0.2, 0.25) is 0 Å². The second-order valence-electron chi connectivity index (χ2n) is 6.49. The topological polar surface area (TPSA) is 117 Å². The van der Waals surface area contributed by atoms with Crippen LogP contribution in [0.25, 0.3) is 5.69 Å². The first kappa shape index (κ1) is 18.1. The number of amides is 1. The van der Waals surface area contributed by atoms with Gasteiger partial charge in [-0.3, -0.25) is 9.36 Å². The lowest BCUT2D eigenvalue weighted by molar-refractivity contribution is -0.121. The highest BCUT2D eigenvalue weighted by molar-refractivity contribution is 5.75. The first-order chi connectivity index (χ1) is 13.6. The van der Waals surface area contributed by atoms with Gasteiger partial charge in [0.25, 0.3) is 5.89 Å². The van der Waals surface area contributed by atoms with Crippen molar-refractivity contribution in [2.24, 2.45) is 0 Å². The van der Waals surface area contributed by atoms with Crippen molar-refractivity contribution in [1.82, 2.24) is 29.8 Å². The Labute approximate surface area is 160 Å². The van der Waals surface area contributed by atoms with Gasteiger partial charge in [0.05, 0.1) is 12.2 Å². The van der Waals surface area contributed by atoms with Crippen LogP contribution in [0.4, 0.5) is 0 Å². The fourth-order valence-corrected chi connectivity index (χ4v) is 3.03. The molecule has 0 saturated carbocycles. The van der Waals surface area contributed by atoms with E-state index >= 15 is 0 Å². The van der Waals surface area contributed by atoms with Crippen LogP contribution < -0.4 is 11.0 Å². The molecule has 28 heavy (non-hydrogen) atoms. The average molecular weight is 384 g/mol. The molecular weight excluding hydrogens is 364 g/mol. The lowest BCUT2D eigenvalue weighted by Gasteiger charge is -2.04. The Balaban J connectivity index is 1.39. The third kappa shape index (κ3) is 3.72. The number of ether oxygens (including phenoxy) is 1. The van der Waals surface area contributed by atoms with Gasteiger partial charge in [-0.1, -0.05) is 23.4 Å². The Bertz CT molecular complexity index is 1020. The van der Waals surface area contributed by atoms with Crippen LogP contribution in [0.1, 0.15) is 36.5 Å². The zero-order valence-corrected chi connectivity index (χ0v) is 15.4. The van der Waals surface area contributed by atoms with E-state index in [0.717, 1.165) is 12.8 Å². The molecule has 0 aliphatic carbocycles. The van der Waals surface area contributed by atoms with Crippen LogP contribution >= 0.6 is 0 Å². The molecule has 1 aliphatic rings. The summed E-state index contributed by atoms with van der Waals surface area (Å²) < 4.78 is 13.3. The van der Waals surface area contributed by atoms with Crippen LogP contribution in [0.15, 0.2) is 39.6 Å². The first-order valence-electron chi connectivity index (χ1n) is 9.04. The van der Waals surface area contributed by atoms with E-state index < -0.39 is 0 Å². The van der Waals surface area contributed by atoms with E-state index in [9.17, 15) is 9.59 Å². The lowest BCUT2D eigenvalue weighted by atomic mass is 10.2. The fourth-order valence-electron chi connectivity index (χ4n) is 3.03. The molecule has 0 spiro atoms. The summed E-state index contributed by atoms with van der Waals surface area (Å²) >= 11 is 0. The summed E-state index contributed by atoms with van der Waals surface area (Å²) in [7, 11) is 0. The Morgan fingerprint density at radius 3 is 2.89 bits per heavy atom. The molecular formula is C18H20N6O4. The maximum Gasteiger partial charge on any atom is 0.351 e. The van der Waals surface area contributed by atoms with Crippen LogP contribution in [-0.2, 0) is 22.6 Å². The number of carbonyl (C=O) groups excluding carboxylic acids is 1. The van der Waals surface area contributed by atoms with Crippen molar-refractivity contribution >= 4 is 5.91 Å². The fraction of sp³-hybridized carbons (Fsp3) is 0.389. The minimum absolute atomic E-state index is 0.107. The number of carbonyl (C=O) groups is 1. The molecule has 1 aliphatic heterocycles. The van der Waals surface area contributed by atoms with Gasteiger partial charge in [0.2, 0.25) is 5.91 Å². The van der Waals surface area contributed by atoms with Crippen molar-refractivity contribution in [2.75, 3.05) is 6.61 Å². The summed E-state index contributed by atoms with van der Waals surface area (Å²) in [6, 6.07) is 9.05. The van der Waals surface area contributed by atoms with Crippen molar-refractivity contribution in [3.05, 3.63) is 58.4 Å². The Morgan fingerprint density at radius 1 is 1.32 bits per heavy atom. The van der Waals surface area contributed by atoms with Gasteiger partial charge in [0.15, 0.2) is 5.82 Å². The molecule has 0 bridgehead atoms. The minimum atomic E-state index is -0.376. The maximum atomic E-state index is 12.6. The summed E-state index contributed by atoms with van der Waals surface area (Å²) in [5.41, 5.74) is 0.266. The van der Waals surface area contributed by atoms with E-state index in [1.807, 2.05) is 18.2 Å². The Hall–Kier alpha value is -3.27. The van der Waals surface area contributed by atoms with Crippen LogP contribution in [0.5, 0.6) is 0 Å². The number of hydrogen-bond acceptors (Lipinski definition) is 7. The largest absolute Gasteiger partial charge is 0.368 e. The first-order valence-corrected chi connectivity index (χ1v) is 9.04. The standard InChI is InChI=1S/C18H20N6O4/c1-12-21-24(13-6-3-2-4-7-13)18(26)23(12)11-16(25)19-10-15-20-17(28-22-15)14-8-5-9-27-14/h2-4,6-7,14H,5,8-11H2,1H3,(H,19,25). The average Bonchev–Trinajstić information content (AvgIpc) is 3.44. The van der Waals surface area contributed by atoms with Crippen molar-refractivity contribution in [3.8, 4) is 5.69 Å². The van der Waals surface area contributed by atoms with E-state index in [-0.39, 0.29) is 30.8 Å². The van der Waals surface area contributed by atoms with Gasteiger partial charge in [-0.15, -0.1) is 0 Å². The molecule has 10 nitrogen and oxygen atoms in total. The highest BCUT2D eigenvalue weighted by Crippen LogP contribution is 2.26. The predicted octanol–water partition coefficient (Wildman–Crippen LogP) is 0.893. The quantitative estimate of drug-likeness (QED) is 0.671.